The third-order valence-electron chi connectivity index (χ3n) is 8.18. The van der Waals surface area contributed by atoms with Crippen molar-refractivity contribution in [3.8, 4) is 23.2 Å². The molecule has 3 saturated heterocycles. The second-order valence-corrected chi connectivity index (χ2v) is 11.3. The van der Waals surface area contributed by atoms with Crippen LogP contribution in [0.15, 0.2) is 48.8 Å². The van der Waals surface area contributed by atoms with Gasteiger partial charge in [-0.05, 0) is 49.4 Å². The highest BCUT2D eigenvalue weighted by molar-refractivity contribution is 5.95. The van der Waals surface area contributed by atoms with Crippen LogP contribution < -0.4 is 15.0 Å². The molecule has 0 radical (unpaired) electrons. The summed E-state index contributed by atoms with van der Waals surface area (Å²) in [5, 5.41) is 22.5. The summed E-state index contributed by atoms with van der Waals surface area (Å²) in [7, 11) is 0. The zero-order valence-corrected chi connectivity index (χ0v) is 24.7. The summed E-state index contributed by atoms with van der Waals surface area (Å²) >= 11 is 0. The van der Waals surface area contributed by atoms with Gasteiger partial charge in [-0.15, -0.1) is 0 Å². The highest BCUT2D eigenvalue weighted by Gasteiger charge is 2.35. The molecule has 45 heavy (non-hydrogen) atoms. The number of nitriles is 1. The van der Waals surface area contributed by atoms with Crippen molar-refractivity contribution in [2.24, 2.45) is 0 Å². The van der Waals surface area contributed by atoms with Gasteiger partial charge in [0.2, 0.25) is 11.9 Å². The summed E-state index contributed by atoms with van der Waals surface area (Å²) in [5.74, 6) is 0.359. The highest BCUT2D eigenvalue weighted by atomic mass is 19.1. The summed E-state index contributed by atoms with van der Waals surface area (Å²) in [6, 6.07) is 14.7. The van der Waals surface area contributed by atoms with Crippen LogP contribution in [-0.2, 0) is 14.3 Å². The first kappa shape index (κ1) is 30.3. The summed E-state index contributed by atoms with van der Waals surface area (Å²) in [6.07, 6.45) is -1.94. The molecule has 234 valence electrons. The number of hydrogen-bond acceptors (Lipinski definition) is 11. The Morgan fingerprint density at radius 2 is 1.98 bits per heavy atom. The van der Waals surface area contributed by atoms with Crippen LogP contribution in [0.4, 0.5) is 21.7 Å². The fourth-order valence-electron chi connectivity index (χ4n) is 5.56. The van der Waals surface area contributed by atoms with Gasteiger partial charge in [0.05, 0.1) is 37.9 Å². The van der Waals surface area contributed by atoms with E-state index in [9.17, 15) is 24.3 Å². The van der Waals surface area contributed by atoms with Crippen LogP contribution in [0.5, 0.6) is 5.75 Å². The highest BCUT2D eigenvalue weighted by Crippen LogP contribution is 2.29. The SMILES string of the molecule is CC(O)C(=O)N1CC[C@H](Oc2ccc(-c3ncnc(Nc4ccc(N5CCN(C6COC6)CC5=O)cc4)n3)cc2C#N)[C@H](F)C1. The minimum Gasteiger partial charge on any atom is -0.486 e. The van der Waals surface area contributed by atoms with Crippen LogP contribution in [0.3, 0.4) is 0 Å². The Kier molecular flexibility index (Phi) is 8.83. The number of likely N-dealkylation sites (tertiary alicyclic amines) is 1. The van der Waals surface area contributed by atoms with Gasteiger partial charge in [0.25, 0.3) is 5.91 Å². The molecule has 2 N–H and O–H groups in total. The maximum atomic E-state index is 14.9. The maximum absolute atomic E-state index is 14.9. The average Bonchev–Trinajstić information content (AvgIpc) is 3.01. The fourth-order valence-corrected chi connectivity index (χ4v) is 5.56. The van der Waals surface area contributed by atoms with E-state index < -0.39 is 24.3 Å². The van der Waals surface area contributed by atoms with E-state index in [1.165, 1.54) is 18.2 Å². The van der Waals surface area contributed by atoms with Crippen LogP contribution >= 0.6 is 0 Å². The number of carbonyl (C=O) groups excluding carboxylic acids is 2. The second kappa shape index (κ2) is 13.1. The number of aliphatic hydroxyl groups is 1. The minimum absolute atomic E-state index is 0.0585. The summed E-state index contributed by atoms with van der Waals surface area (Å²) in [4.78, 5) is 43.0. The van der Waals surface area contributed by atoms with E-state index in [4.69, 9.17) is 9.47 Å². The van der Waals surface area contributed by atoms with E-state index in [1.807, 2.05) is 24.3 Å². The Balaban J connectivity index is 1.09. The molecule has 4 heterocycles. The molecule has 3 aliphatic rings. The van der Waals surface area contributed by atoms with Crippen molar-refractivity contribution in [2.45, 2.75) is 37.8 Å². The molecule has 2 aromatic carbocycles. The molecule has 1 unspecified atom stereocenters. The number of amides is 2. The van der Waals surface area contributed by atoms with E-state index in [-0.39, 0.29) is 42.7 Å². The van der Waals surface area contributed by atoms with Gasteiger partial charge < -0.3 is 29.7 Å². The number of hydrogen-bond donors (Lipinski definition) is 2. The Hall–Kier alpha value is -4.71. The number of nitrogens with one attached hydrogen (secondary N) is 1. The number of piperazine rings is 1. The van der Waals surface area contributed by atoms with Crippen molar-refractivity contribution < 1.29 is 28.6 Å². The predicted octanol–water partition coefficient (Wildman–Crippen LogP) is 1.90. The van der Waals surface area contributed by atoms with Crippen LogP contribution in [0.25, 0.3) is 11.4 Å². The van der Waals surface area contributed by atoms with Crippen molar-refractivity contribution in [2.75, 3.05) is 56.2 Å². The monoisotopic (exact) mass is 616 g/mol. The molecule has 13 nitrogen and oxygen atoms in total. The van der Waals surface area contributed by atoms with Gasteiger partial charge >= 0.3 is 0 Å². The summed E-state index contributed by atoms with van der Waals surface area (Å²) in [5.41, 5.74) is 2.26. The van der Waals surface area contributed by atoms with Gasteiger partial charge in [0.15, 0.2) is 12.0 Å². The quantitative estimate of drug-likeness (QED) is 0.381. The number of halogens is 1. The van der Waals surface area contributed by atoms with Gasteiger partial charge in [-0.25, -0.2) is 14.4 Å². The molecule has 6 rings (SSSR count). The lowest BCUT2D eigenvalue weighted by Crippen LogP contribution is -2.58. The lowest BCUT2D eigenvalue weighted by molar-refractivity contribution is -0.143. The van der Waals surface area contributed by atoms with Gasteiger partial charge in [-0.2, -0.15) is 10.2 Å². The minimum atomic E-state index is -1.47. The fraction of sp³-hybridized carbons (Fsp3) is 0.419. The smallest absolute Gasteiger partial charge is 0.251 e. The largest absolute Gasteiger partial charge is 0.486 e. The number of aromatic nitrogens is 3. The van der Waals surface area contributed by atoms with E-state index in [2.05, 4.69) is 31.2 Å². The molecule has 2 amide bonds. The van der Waals surface area contributed by atoms with Crippen molar-refractivity contribution in [3.05, 3.63) is 54.4 Å². The third-order valence-corrected chi connectivity index (χ3v) is 8.18. The number of benzene rings is 2. The molecule has 0 aliphatic carbocycles. The molecular weight excluding hydrogens is 583 g/mol. The molecule has 0 spiro atoms. The van der Waals surface area contributed by atoms with E-state index in [0.29, 0.717) is 43.7 Å². The van der Waals surface area contributed by atoms with Gasteiger partial charge in [0.1, 0.15) is 30.4 Å². The maximum Gasteiger partial charge on any atom is 0.251 e. The standard InChI is InChI=1S/C31H33FN8O5/c1-19(41)30(43)39-9-8-27(25(32)14-39)45-26-7-2-20(12-21(26)13-33)29-34-18-35-31(37-29)36-22-3-5-23(6-4-22)40-11-10-38(15-28(40)42)24-16-44-17-24/h2-7,12,18-19,24-25,27,41H,8-11,14-17H2,1H3,(H,34,35,36,37)/t19?,25-,27+/m1/s1. The molecule has 14 heteroatoms. The number of alkyl halides is 1. The van der Waals surface area contributed by atoms with Crippen molar-refractivity contribution >= 4 is 29.1 Å². The lowest BCUT2D eigenvalue weighted by Gasteiger charge is -2.42. The molecule has 3 aliphatic heterocycles. The molecule has 3 aromatic rings. The number of aliphatic hydroxyl groups excluding tert-OH is 1. The zero-order valence-electron chi connectivity index (χ0n) is 24.7. The number of rotatable bonds is 8. The normalized spacial score (nSPS) is 21.5. The van der Waals surface area contributed by atoms with Crippen molar-refractivity contribution in [3.63, 3.8) is 0 Å². The predicted molar refractivity (Wildman–Crippen MR) is 160 cm³/mol. The number of carbonyl (C=O) groups is 2. The average molecular weight is 617 g/mol. The third kappa shape index (κ3) is 6.70. The van der Waals surface area contributed by atoms with Crippen LogP contribution in [0.2, 0.25) is 0 Å². The Labute approximate surface area is 259 Å². The van der Waals surface area contributed by atoms with Crippen LogP contribution in [0.1, 0.15) is 18.9 Å². The zero-order chi connectivity index (χ0) is 31.5. The Bertz CT molecular complexity index is 1600. The van der Waals surface area contributed by atoms with E-state index in [1.54, 1.807) is 23.1 Å². The number of anilines is 3. The molecular formula is C31H33FN8O5. The number of ether oxygens (including phenoxy) is 2. The summed E-state index contributed by atoms with van der Waals surface area (Å²) in [6.45, 7) is 4.57. The molecule has 0 bridgehead atoms. The first-order valence-corrected chi connectivity index (χ1v) is 14.8. The molecule has 3 atom stereocenters. The Morgan fingerprint density at radius 3 is 2.64 bits per heavy atom. The number of nitrogens with zero attached hydrogens (tertiary/aromatic N) is 7. The first-order chi connectivity index (χ1) is 21.8. The number of piperidine rings is 1. The molecule has 0 saturated carbocycles. The molecule has 3 fully saturated rings. The van der Waals surface area contributed by atoms with E-state index >= 15 is 0 Å². The lowest BCUT2D eigenvalue weighted by atomic mass is 10.0. The summed E-state index contributed by atoms with van der Waals surface area (Å²) < 4.78 is 26.0. The first-order valence-electron chi connectivity index (χ1n) is 14.8. The van der Waals surface area contributed by atoms with Crippen molar-refractivity contribution in [1.29, 1.82) is 5.26 Å². The van der Waals surface area contributed by atoms with Gasteiger partial charge in [0, 0.05) is 43.0 Å². The second-order valence-electron chi connectivity index (χ2n) is 11.3. The Morgan fingerprint density at radius 1 is 1.18 bits per heavy atom. The van der Waals surface area contributed by atoms with Crippen molar-refractivity contribution in [1.82, 2.24) is 24.8 Å². The van der Waals surface area contributed by atoms with Gasteiger partial charge in [-0.3, -0.25) is 14.5 Å². The van der Waals surface area contributed by atoms with Crippen LogP contribution in [0, 0.1) is 11.3 Å². The van der Waals surface area contributed by atoms with Gasteiger partial charge in [-0.1, -0.05) is 0 Å². The van der Waals surface area contributed by atoms with Crippen LogP contribution in [-0.4, -0.2) is 112 Å². The topological polar surface area (TPSA) is 157 Å². The molecule has 1 aromatic heterocycles. The van der Waals surface area contributed by atoms with E-state index in [0.717, 1.165) is 17.9 Å².